The number of nitrogens with one attached hydrogen (secondary N) is 2. The van der Waals surface area contributed by atoms with Crippen molar-refractivity contribution in [3.63, 3.8) is 0 Å². The van der Waals surface area contributed by atoms with Gasteiger partial charge < -0.3 is 15.7 Å². The molecule has 2 amide bonds. The molecule has 0 aromatic heterocycles. The Bertz CT molecular complexity index is 807. The van der Waals surface area contributed by atoms with Gasteiger partial charge in [-0.2, -0.15) is 0 Å². The lowest BCUT2D eigenvalue weighted by atomic mass is 10.0. The molecule has 2 rings (SSSR count). The van der Waals surface area contributed by atoms with E-state index in [1.54, 1.807) is 18.2 Å². The molecule has 0 fully saturated rings. The summed E-state index contributed by atoms with van der Waals surface area (Å²) < 4.78 is 13.7. The third-order valence-corrected chi connectivity index (χ3v) is 3.43. The fourth-order valence-corrected chi connectivity index (χ4v) is 2.27. The van der Waals surface area contributed by atoms with Gasteiger partial charge in [0.1, 0.15) is 11.9 Å². The molecule has 3 N–H and O–H groups in total. The maximum Gasteiger partial charge on any atom is 0.326 e. The van der Waals surface area contributed by atoms with E-state index in [1.165, 1.54) is 37.3 Å². The van der Waals surface area contributed by atoms with Crippen LogP contribution in [0.2, 0.25) is 0 Å². The number of rotatable bonds is 6. The molecule has 130 valence electrons. The van der Waals surface area contributed by atoms with E-state index in [-0.39, 0.29) is 23.5 Å². The molecule has 0 heterocycles. The van der Waals surface area contributed by atoms with Gasteiger partial charge in [0.15, 0.2) is 0 Å². The van der Waals surface area contributed by atoms with Gasteiger partial charge in [0.2, 0.25) is 5.91 Å². The number of amides is 2. The smallest absolute Gasteiger partial charge is 0.326 e. The third-order valence-electron chi connectivity index (χ3n) is 3.43. The molecule has 0 saturated carbocycles. The highest BCUT2D eigenvalue weighted by molar-refractivity contribution is 5.98. The SMILES string of the molecule is CC(=O)Nc1cccc(C(=O)N[C@H](Cc2ccccc2F)C(=O)O)c1. The number of halogens is 1. The molecule has 0 unspecified atom stereocenters. The number of aliphatic carboxylic acids is 1. The number of carboxylic acid groups (broad SMARTS) is 1. The van der Waals surface area contributed by atoms with Gasteiger partial charge in [-0.25, -0.2) is 9.18 Å². The van der Waals surface area contributed by atoms with E-state index in [1.807, 2.05) is 0 Å². The van der Waals surface area contributed by atoms with Gasteiger partial charge in [-0.3, -0.25) is 9.59 Å². The van der Waals surface area contributed by atoms with E-state index in [0.717, 1.165) is 0 Å². The molecular formula is C18H17FN2O4. The summed E-state index contributed by atoms with van der Waals surface area (Å²) in [6.45, 7) is 1.33. The highest BCUT2D eigenvalue weighted by Gasteiger charge is 2.22. The lowest BCUT2D eigenvalue weighted by molar-refractivity contribution is -0.139. The molecule has 0 radical (unpaired) electrons. The Kier molecular flexibility index (Phi) is 5.84. The summed E-state index contributed by atoms with van der Waals surface area (Å²) in [7, 11) is 0. The number of hydrogen-bond donors (Lipinski definition) is 3. The molecule has 0 saturated heterocycles. The van der Waals surface area contributed by atoms with Crippen molar-refractivity contribution in [3.8, 4) is 0 Å². The largest absolute Gasteiger partial charge is 0.480 e. The Morgan fingerprint density at radius 1 is 1.12 bits per heavy atom. The van der Waals surface area contributed by atoms with Crippen LogP contribution in [0.15, 0.2) is 48.5 Å². The van der Waals surface area contributed by atoms with Gasteiger partial charge in [0.25, 0.3) is 5.91 Å². The second kappa shape index (κ2) is 8.05. The van der Waals surface area contributed by atoms with Gasteiger partial charge in [0.05, 0.1) is 0 Å². The topological polar surface area (TPSA) is 95.5 Å². The van der Waals surface area contributed by atoms with E-state index in [0.29, 0.717) is 5.69 Å². The van der Waals surface area contributed by atoms with E-state index >= 15 is 0 Å². The maximum absolute atomic E-state index is 13.7. The average molecular weight is 344 g/mol. The molecule has 0 bridgehead atoms. The van der Waals surface area contributed by atoms with Crippen LogP contribution in [0.3, 0.4) is 0 Å². The first-order valence-corrected chi connectivity index (χ1v) is 7.51. The van der Waals surface area contributed by atoms with Crippen LogP contribution >= 0.6 is 0 Å². The predicted molar refractivity (Wildman–Crippen MR) is 89.7 cm³/mol. The Morgan fingerprint density at radius 2 is 1.84 bits per heavy atom. The van der Waals surface area contributed by atoms with Crippen molar-refractivity contribution in [2.45, 2.75) is 19.4 Å². The minimum atomic E-state index is -1.28. The van der Waals surface area contributed by atoms with Crippen LogP contribution in [0.4, 0.5) is 10.1 Å². The number of hydrogen-bond acceptors (Lipinski definition) is 3. The summed E-state index contributed by atoms with van der Waals surface area (Å²) in [5.41, 5.74) is 0.800. The first kappa shape index (κ1) is 18.1. The van der Waals surface area contributed by atoms with Crippen molar-refractivity contribution >= 4 is 23.5 Å². The lowest BCUT2D eigenvalue weighted by Gasteiger charge is -2.15. The van der Waals surface area contributed by atoms with Crippen molar-refractivity contribution < 1.29 is 23.9 Å². The average Bonchev–Trinajstić information content (AvgIpc) is 2.55. The van der Waals surface area contributed by atoms with Crippen molar-refractivity contribution in [1.82, 2.24) is 5.32 Å². The molecule has 0 aliphatic heterocycles. The molecule has 6 nitrogen and oxygen atoms in total. The second-order valence-electron chi connectivity index (χ2n) is 5.42. The molecule has 2 aromatic carbocycles. The minimum Gasteiger partial charge on any atom is -0.480 e. The number of carboxylic acids is 1. The van der Waals surface area contributed by atoms with Crippen molar-refractivity contribution in [3.05, 3.63) is 65.5 Å². The van der Waals surface area contributed by atoms with Crippen LogP contribution < -0.4 is 10.6 Å². The standard InChI is InChI=1S/C18H17FN2O4/c1-11(22)20-14-7-4-6-13(9-14)17(23)21-16(18(24)25)10-12-5-2-3-8-15(12)19/h2-9,16H,10H2,1H3,(H,20,22)(H,21,23)(H,24,25)/t16-/m1/s1. The molecular weight excluding hydrogens is 327 g/mol. The first-order chi connectivity index (χ1) is 11.9. The molecule has 0 aliphatic rings. The van der Waals surface area contributed by atoms with E-state index in [9.17, 15) is 23.9 Å². The van der Waals surface area contributed by atoms with Gasteiger partial charge in [-0.15, -0.1) is 0 Å². The molecule has 25 heavy (non-hydrogen) atoms. The third kappa shape index (κ3) is 5.13. The minimum absolute atomic E-state index is 0.181. The van der Waals surface area contributed by atoms with E-state index in [4.69, 9.17) is 0 Å². The highest BCUT2D eigenvalue weighted by atomic mass is 19.1. The van der Waals surface area contributed by atoms with E-state index < -0.39 is 23.7 Å². The Balaban J connectivity index is 2.14. The predicted octanol–water partition coefficient (Wildman–Crippen LogP) is 2.21. The molecule has 0 aliphatic carbocycles. The Morgan fingerprint density at radius 3 is 2.48 bits per heavy atom. The zero-order valence-electron chi connectivity index (χ0n) is 13.5. The summed E-state index contributed by atoms with van der Waals surface area (Å²) in [5.74, 6) is -2.72. The normalized spacial score (nSPS) is 11.4. The van der Waals surface area contributed by atoms with Crippen LogP contribution in [0.5, 0.6) is 0 Å². The zero-order chi connectivity index (χ0) is 18.4. The van der Waals surface area contributed by atoms with Crippen LogP contribution in [-0.2, 0) is 16.0 Å². The summed E-state index contributed by atoms with van der Waals surface area (Å²) in [6.07, 6.45) is -0.181. The van der Waals surface area contributed by atoms with Crippen molar-refractivity contribution in [2.75, 3.05) is 5.32 Å². The summed E-state index contributed by atoms with van der Waals surface area (Å²) in [6, 6.07) is 10.6. The highest BCUT2D eigenvalue weighted by Crippen LogP contribution is 2.13. The van der Waals surface area contributed by atoms with Gasteiger partial charge in [-0.1, -0.05) is 24.3 Å². The Hall–Kier alpha value is -3.22. The maximum atomic E-state index is 13.7. The number of benzene rings is 2. The monoisotopic (exact) mass is 344 g/mol. The molecule has 1 atom stereocenters. The zero-order valence-corrected chi connectivity index (χ0v) is 13.5. The van der Waals surface area contributed by atoms with Gasteiger partial charge in [-0.05, 0) is 29.8 Å². The van der Waals surface area contributed by atoms with E-state index in [2.05, 4.69) is 10.6 Å². The van der Waals surface area contributed by atoms with Crippen LogP contribution in [0, 0.1) is 5.82 Å². The molecule has 2 aromatic rings. The van der Waals surface area contributed by atoms with Crippen molar-refractivity contribution in [2.24, 2.45) is 0 Å². The summed E-state index contributed by atoms with van der Waals surface area (Å²) in [5, 5.41) is 14.2. The van der Waals surface area contributed by atoms with Crippen molar-refractivity contribution in [1.29, 1.82) is 0 Å². The quantitative estimate of drug-likeness (QED) is 0.749. The number of carbonyl (C=O) groups excluding carboxylic acids is 2. The van der Waals surface area contributed by atoms with Gasteiger partial charge >= 0.3 is 5.97 Å². The first-order valence-electron chi connectivity index (χ1n) is 7.51. The fraction of sp³-hybridized carbons (Fsp3) is 0.167. The Labute approximate surface area is 143 Å². The summed E-state index contributed by atoms with van der Waals surface area (Å²) in [4.78, 5) is 34.8. The molecule has 0 spiro atoms. The number of carbonyl (C=O) groups is 3. The lowest BCUT2D eigenvalue weighted by Crippen LogP contribution is -2.42. The summed E-state index contributed by atoms with van der Waals surface area (Å²) >= 11 is 0. The second-order valence-corrected chi connectivity index (χ2v) is 5.42. The van der Waals surface area contributed by atoms with Gasteiger partial charge in [0, 0.05) is 24.6 Å². The van der Waals surface area contributed by atoms with Crippen LogP contribution in [-0.4, -0.2) is 28.9 Å². The fourth-order valence-electron chi connectivity index (χ4n) is 2.27. The molecule has 7 heteroatoms. The van der Waals surface area contributed by atoms with Crippen LogP contribution in [0.1, 0.15) is 22.8 Å². The number of anilines is 1. The van der Waals surface area contributed by atoms with Crippen LogP contribution in [0.25, 0.3) is 0 Å².